The van der Waals surface area contributed by atoms with Crippen molar-refractivity contribution in [3.05, 3.63) is 53.2 Å². The van der Waals surface area contributed by atoms with Crippen molar-refractivity contribution in [2.45, 2.75) is 77.3 Å². The maximum atomic E-state index is 14.9. The van der Waals surface area contributed by atoms with Crippen LogP contribution in [0.5, 0.6) is 0 Å². The third-order valence-electron chi connectivity index (χ3n) is 6.95. The molecule has 0 radical (unpaired) electrons. The number of hydrogen-bond acceptors (Lipinski definition) is 4. The number of furan rings is 1. The van der Waals surface area contributed by atoms with E-state index in [2.05, 4.69) is 12.2 Å². The fraction of sp³-hybridized carbons (Fsp3) is 0.577. The zero-order chi connectivity index (χ0) is 23.1. The zero-order valence-electron chi connectivity index (χ0n) is 19.7. The van der Waals surface area contributed by atoms with Crippen LogP contribution in [0.4, 0.5) is 14.9 Å². The monoisotopic (exact) mass is 455 g/mol. The molecule has 7 heteroatoms. The summed E-state index contributed by atoms with van der Waals surface area (Å²) in [6.45, 7) is 8.34. The number of halogens is 1. The van der Waals surface area contributed by atoms with Crippen LogP contribution in [0.15, 0.2) is 34.7 Å². The molecule has 3 aliphatic rings. The van der Waals surface area contributed by atoms with Crippen LogP contribution in [0.3, 0.4) is 0 Å². The van der Waals surface area contributed by atoms with Crippen LogP contribution in [-0.2, 0) is 17.8 Å². The van der Waals surface area contributed by atoms with Gasteiger partial charge in [0.05, 0.1) is 24.4 Å². The minimum atomic E-state index is -0.264. The Morgan fingerprint density at radius 3 is 2.52 bits per heavy atom. The zero-order valence-corrected chi connectivity index (χ0v) is 19.7. The lowest BCUT2D eigenvalue weighted by Crippen LogP contribution is -2.45. The Morgan fingerprint density at radius 2 is 1.88 bits per heavy atom. The number of nitrogens with zero attached hydrogens (tertiary/aromatic N) is 2. The lowest BCUT2D eigenvalue weighted by molar-refractivity contribution is -0.00539. The molecule has 2 aromatic rings. The molecule has 1 aromatic heterocycles. The Balaban J connectivity index is 1.19. The van der Waals surface area contributed by atoms with Gasteiger partial charge in [0.2, 0.25) is 0 Å². The highest BCUT2D eigenvalue weighted by molar-refractivity contribution is 5.75. The Hall–Kier alpha value is -2.54. The summed E-state index contributed by atoms with van der Waals surface area (Å²) in [5.41, 5.74) is 1.34. The van der Waals surface area contributed by atoms with Crippen LogP contribution < -0.4 is 10.2 Å². The average molecular weight is 456 g/mol. The first-order valence-electron chi connectivity index (χ1n) is 12.2. The Bertz CT molecular complexity index is 994. The highest BCUT2D eigenvalue weighted by Gasteiger charge is 2.37. The molecule has 1 aromatic carbocycles. The van der Waals surface area contributed by atoms with E-state index in [1.165, 1.54) is 12.5 Å². The Kier molecular flexibility index (Phi) is 6.08. The third kappa shape index (κ3) is 5.18. The van der Waals surface area contributed by atoms with Crippen molar-refractivity contribution in [1.29, 1.82) is 0 Å². The van der Waals surface area contributed by atoms with E-state index < -0.39 is 0 Å². The molecule has 1 saturated heterocycles. The fourth-order valence-electron chi connectivity index (χ4n) is 4.89. The van der Waals surface area contributed by atoms with Gasteiger partial charge >= 0.3 is 6.03 Å². The van der Waals surface area contributed by atoms with Crippen LogP contribution in [0.25, 0.3) is 0 Å². The average Bonchev–Trinajstić information content (AvgIpc) is 3.69. The van der Waals surface area contributed by atoms with Gasteiger partial charge in [-0.05, 0) is 68.9 Å². The predicted molar refractivity (Wildman–Crippen MR) is 125 cm³/mol. The van der Waals surface area contributed by atoms with E-state index in [9.17, 15) is 9.18 Å². The topological polar surface area (TPSA) is 58.0 Å². The number of nitrogens with one attached hydrogen (secondary N) is 1. The summed E-state index contributed by atoms with van der Waals surface area (Å²) in [5.74, 6) is 2.82. The van der Waals surface area contributed by atoms with Gasteiger partial charge in [0.15, 0.2) is 0 Å². The lowest BCUT2D eigenvalue weighted by atomic mass is 10.1. The molecular weight excluding hydrogens is 421 g/mol. The van der Waals surface area contributed by atoms with Crippen molar-refractivity contribution < 1.29 is 18.3 Å². The van der Waals surface area contributed by atoms with Gasteiger partial charge in [0.1, 0.15) is 17.3 Å². The molecule has 6 nitrogen and oxygen atoms in total. The highest BCUT2D eigenvalue weighted by atomic mass is 19.1. The number of amides is 2. The molecule has 178 valence electrons. The van der Waals surface area contributed by atoms with Gasteiger partial charge < -0.3 is 24.3 Å². The summed E-state index contributed by atoms with van der Waals surface area (Å²) >= 11 is 0. The lowest BCUT2D eigenvalue weighted by Gasteiger charge is -2.37. The first-order chi connectivity index (χ1) is 15.9. The van der Waals surface area contributed by atoms with Crippen LogP contribution in [-0.4, -0.2) is 42.3 Å². The summed E-state index contributed by atoms with van der Waals surface area (Å²) in [7, 11) is 0. The molecule has 4 unspecified atom stereocenters. The second kappa shape index (κ2) is 9.01. The predicted octanol–water partition coefficient (Wildman–Crippen LogP) is 5.03. The normalized spacial score (nSPS) is 26.8. The van der Waals surface area contributed by atoms with Crippen molar-refractivity contribution in [1.82, 2.24) is 10.2 Å². The SMILES string of the molecule is CC1CN(c2ccc(CNC(=O)N(Cc3ccc(C4CC4C)o3)C3CC3)cc2F)CC(C)O1. The molecule has 1 N–H and O–H groups in total. The molecule has 0 bridgehead atoms. The summed E-state index contributed by atoms with van der Waals surface area (Å²) in [4.78, 5) is 16.8. The molecule has 2 aliphatic carbocycles. The van der Waals surface area contributed by atoms with E-state index in [1.54, 1.807) is 0 Å². The quantitative estimate of drug-likeness (QED) is 0.636. The van der Waals surface area contributed by atoms with E-state index in [0.29, 0.717) is 37.2 Å². The standard InChI is InChI=1S/C26H34FN3O3/c1-16-10-22(16)25-9-7-21(33-25)15-30(20-5-6-20)26(31)28-12-19-4-8-24(23(27)11-19)29-13-17(2)32-18(3)14-29/h4,7-9,11,16-18,20,22H,5-6,10,12-15H2,1-3H3,(H,28,31). The van der Waals surface area contributed by atoms with Crippen molar-refractivity contribution in [2.24, 2.45) is 5.92 Å². The summed E-state index contributed by atoms with van der Waals surface area (Å²) in [6, 6.07) is 9.39. The molecule has 2 saturated carbocycles. The van der Waals surface area contributed by atoms with Crippen molar-refractivity contribution in [2.75, 3.05) is 18.0 Å². The van der Waals surface area contributed by atoms with Gasteiger partial charge in [-0.25, -0.2) is 9.18 Å². The van der Waals surface area contributed by atoms with Gasteiger partial charge in [0, 0.05) is 31.6 Å². The summed E-state index contributed by atoms with van der Waals surface area (Å²) in [5, 5.41) is 2.97. The Morgan fingerprint density at radius 1 is 1.15 bits per heavy atom. The molecule has 3 fully saturated rings. The van der Waals surface area contributed by atoms with Crippen LogP contribution in [0.2, 0.25) is 0 Å². The third-order valence-corrected chi connectivity index (χ3v) is 6.95. The number of urea groups is 1. The van der Waals surface area contributed by atoms with Crippen LogP contribution in [0.1, 0.15) is 63.0 Å². The second-order valence-corrected chi connectivity index (χ2v) is 10.1. The molecular formula is C26H34FN3O3. The number of hydrogen-bond donors (Lipinski definition) is 1. The van der Waals surface area contributed by atoms with E-state index in [0.717, 1.165) is 29.9 Å². The van der Waals surface area contributed by atoms with Gasteiger partial charge in [-0.2, -0.15) is 0 Å². The van der Waals surface area contributed by atoms with E-state index >= 15 is 0 Å². The molecule has 4 atom stereocenters. The number of anilines is 1. The summed E-state index contributed by atoms with van der Waals surface area (Å²) < 4.78 is 26.6. The minimum Gasteiger partial charge on any atom is -0.464 e. The molecule has 2 amide bonds. The van der Waals surface area contributed by atoms with Crippen LogP contribution in [0, 0.1) is 11.7 Å². The van der Waals surface area contributed by atoms with Crippen molar-refractivity contribution in [3.63, 3.8) is 0 Å². The van der Waals surface area contributed by atoms with Crippen LogP contribution >= 0.6 is 0 Å². The van der Waals surface area contributed by atoms with Crippen molar-refractivity contribution in [3.8, 4) is 0 Å². The number of ether oxygens (including phenoxy) is 1. The number of carbonyl (C=O) groups excluding carboxylic acids is 1. The van der Waals surface area contributed by atoms with Gasteiger partial charge in [-0.15, -0.1) is 0 Å². The van der Waals surface area contributed by atoms with Crippen molar-refractivity contribution >= 4 is 11.7 Å². The molecule has 33 heavy (non-hydrogen) atoms. The second-order valence-electron chi connectivity index (χ2n) is 10.1. The largest absolute Gasteiger partial charge is 0.464 e. The number of morpholine rings is 1. The van der Waals surface area contributed by atoms with E-state index in [1.807, 2.05) is 47.9 Å². The first kappa shape index (κ1) is 22.3. The highest BCUT2D eigenvalue weighted by Crippen LogP contribution is 2.47. The minimum absolute atomic E-state index is 0.0680. The van der Waals surface area contributed by atoms with E-state index in [4.69, 9.17) is 9.15 Å². The Labute approximate surface area is 195 Å². The molecule has 0 spiro atoms. The maximum Gasteiger partial charge on any atom is 0.318 e. The molecule has 1 aliphatic heterocycles. The summed E-state index contributed by atoms with van der Waals surface area (Å²) in [6.07, 6.45) is 3.34. The van der Waals surface area contributed by atoms with Gasteiger partial charge in [-0.1, -0.05) is 13.0 Å². The van der Waals surface area contributed by atoms with Gasteiger partial charge in [-0.3, -0.25) is 0 Å². The fourth-order valence-corrected chi connectivity index (χ4v) is 4.89. The molecule has 2 heterocycles. The van der Waals surface area contributed by atoms with E-state index in [-0.39, 0.29) is 36.6 Å². The number of carbonyl (C=O) groups is 1. The maximum absolute atomic E-state index is 14.9. The first-order valence-corrected chi connectivity index (χ1v) is 12.2. The number of benzene rings is 1. The number of rotatable bonds is 7. The smallest absolute Gasteiger partial charge is 0.318 e. The van der Waals surface area contributed by atoms with Gasteiger partial charge in [0.25, 0.3) is 0 Å². The molecule has 5 rings (SSSR count).